The van der Waals surface area contributed by atoms with E-state index in [-0.39, 0.29) is 19.4 Å². The molecule has 2 aromatic rings. The van der Waals surface area contributed by atoms with E-state index in [0.717, 1.165) is 19.3 Å². The lowest BCUT2D eigenvalue weighted by Gasteiger charge is -2.20. The fraction of sp³-hybridized carbons (Fsp3) is 0.381. The third-order valence-corrected chi connectivity index (χ3v) is 6.06. The second-order valence-corrected chi connectivity index (χ2v) is 8.67. The van der Waals surface area contributed by atoms with Crippen LogP contribution in [-0.4, -0.2) is 32.5 Å². The van der Waals surface area contributed by atoms with Gasteiger partial charge in [0.15, 0.2) is 0 Å². The summed E-state index contributed by atoms with van der Waals surface area (Å²) in [5.41, 5.74) is 0.717. The number of hydrogen-bond donors (Lipinski definition) is 3. The Morgan fingerprint density at radius 1 is 0.929 bits per heavy atom. The summed E-state index contributed by atoms with van der Waals surface area (Å²) in [6.45, 7) is 0.222. The Balaban J connectivity index is 1.72. The predicted octanol–water partition coefficient (Wildman–Crippen LogP) is 4.32. The lowest BCUT2D eigenvalue weighted by atomic mass is 10.1. The summed E-state index contributed by atoms with van der Waals surface area (Å²) in [7, 11) is -4.40. The first-order valence-corrected chi connectivity index (χ1v) is 11.2. The summed E-state index contributed by atoms with van der Waals surface area (Å²) in [4.78, 5) is 31.3. The first kappa shape index (κ1) is 22.3. The van der Waals surface area contributed by atoms with E-state index >= 15 is 0 Å². The number of aryl methyl sites for hydroxylation is 1. The standard InChI is InChI=1S/C21H28NO5P/c23-21(16-15-20(28(25,26)27)19-13-7-2-8-14-19)22(24)17-9-3-6-12-18-10-4-1-5-11-18/h1-2,4-5,7-8,10-11,13-14,20,24H,3,6,9,12,15-17H2,(H2,25,26,27)/t20-/m0/s1. The zero-order valence-electron chi connectivity index (χ0n) is 15.9. The SMILES string of the molecule is O=C(CC[C@@H](c1ccccc1)P(=O)(O)O)N(O)CCCCCc1ccccc1. The average Bonchev–Trinajstić information content (AvgIpc) is 2.68. The first-order chi connectivity index (χ1) is 13.4. The van der Waals surface area contributed by atoms with Crippen LogP contribution in [0.15, 0.2) is 60.7 Å². The number of amides is 1. The summed E-state index contributed by atoms with van der Waals surface area (Å²) in [6.07, 6.45) is 3.36. The molecule has 7 heteroatoms. The molecule has 0 radical (unpaired) electrons. The van der Waals surface area contributed by atoms with Crippen molar-refractivity contribution in [3.8, 4) is 0 Å². The fourth-order valence-corrected chi connectivity index (χ4v) is 4.16. The van der Waals surface area contributed by atoms with Gasteiger partial charge in [0.2, 0.25) is 5.91 Å². The molecule has 0 fully saturated rings. The van der Waals surface area contributed by atoms with Crippen LogP contribution in [0, 0.1) is 0 Å². The molecule has 1 amide bonds. The van der Waals surface area contributed by atoms with Crippen LogP contribution in [0.3, 0.4) is 0 Å². The summed E-state index contributed by atoms with van der Waals surface area (Å²) in [6, 6.07) is 18.6. The molecule has 0 bridgehead atoms. The van der Waals surface area contributed by atoms with Gasteiger partial charge in [0, 0.05) is 13.0 Å². The van der Waals surface area contributed by atoms with E-state index in [1.807, 2.05) is 18.2 Å². The lowest BCUT2D eigenvalue weighted by Crippen LogP contribution is -2.28. The molecular weight excluding hydrogens is 377 g/mol. The van der Waals surface area contributed by atoms with Gasteiger partial charge in [-0.05, 0) is 36.8 Å². The number of rotatable bonds is 11. The highest BCUT2D eigenvalue weighted by molar-refractivity contribution is 7.52. The Labute approximate surface area is 165 Å². The third kappa shape index (κ3) is 7.56. The Kier molecular flexibility index (Phi) is 8.87. The van der Waals surface area contributed by atoms with Gasteiger partial charge in [-0.3, -0.25) is 14.6 Å². The normalized spacial score (nSPS) is 12.5. The second kappa shape index (κ2) is 11.1. The van der Waals surface area contributed by atoms with Crippen molar-refractivity contribution in [3.63, 3.8) is 0 Å². The van der Waals surface area contributed by atoms with E-state index in [2.05, 4.69) is 12.1 Å². The van der Waals surface area contributed by atoms with Crippen LogP contribution in [0.2, 0.25) is 0 Å². The highest BCUT2D eigenvalue weighted by Gasteiger charge is 2.31. The topological polar surface area (TPSA) is 98.1 Å². The van der Waals surface area contributed by atoms with E-state index in [4.69, 9.17) is 0 Å². The molecule has 2 aromatic carbocycles. The van der Waals surface area contributed by atoms with Crippen LogP contribution >= 0.6 is 7.60 Å². The largest absolute Gasteiger partial charge is 0.332 e. The quantitative estimate of drug-likeness (QED) is 0.224. The zero-order valence-corrected chi connectivity index (χ0v) is 16.7. The molecule has 0 aliphatic heterocycles. The Morgan fingerprint density at radius 2 is 1.54 bits per heavy atom. The summed E-state index contributed by atoms with van der Waals surface area (Å²) in [5.74, 6) is -0.516. The van der Waals surface area contributed by atoms with Gasteiger partial charge < -0.3 is 9.79 Å². The van der Waals surface area contributed by atoms with Crippen molar-refractivity contribution in [2.45, 2.75) is 44.2 Å². The van der Waals surface area contributed by atoms with Crippen molar-refractivity contribution in [3.05, 3.63) is 71.8 Å². The van der Waals surface area contributed by atoms with E-state index in [1.165, 1.54) is 5.56 Å². The molecular formula is C21H28NO5P. The molecule has 2 rings (SSSR count). The molecule has 0 aromatic heterocycles. The van der Waals surface area contributed by atoms with Crippen LogP contribution in [0.4, 0.5) is 0 Å². The van der Waals surface area contributed by atoms with Gasteiger partial charge >= 0.3 is 7.60 Å². The van der Waals surface area contributed by atoms with Gasteiger partial charge in [0.1, 0.15) is 0 Å². The Bertz CT molecular complexity index is 763. The van der Waals surface area contributed by atoms with Gasteiger partial charge in [0.25, 0.3) is 0 Å². The van der Waals surface area contributed by atoms with Crippen LogP contribution < -0.4 is 0 Å². The lowest BCUT2D eigenvalue weighted by molar-refractivity contribution is -0.165. The van der Waals surface area contributed by atoms with Crippen LogP contribution in [0.5, 0.6) is 0 Å². The van der Waals surface area contributed by atoms with Gasteiger partial charge in [-0.15, -0.1) is 0 Å². The highest BCUT2D eigenvalue weighted by Crippen LogP contribution is 2.54. The monoisotopic (exact) mass is 405 g/mol. The molecule has 0 aliphatic carbocycles. The maximum absolute atomic E-state index is 12.1. The predicted molar refractivity (Wildman–Crippen MR) is 108 cm³/mol. The molecule has 0 saturated heterocycles. The molecule has 152 valence electrons. The van der Waals surface area contributed by atoms with Crippen LogP contribution in [0.1, 0.15) is 48.9 Å². The minimum atomic E-state index is -4.40. The number of nitrogens with zero attached hydrogens (tertiary/aromatic N) is 1. The van der Waals surface area contributed by atoms with Crippen LogP contribution in [-0.2, 0) is 15.8 Å². The number of unbranched alkanes of at least 4 members (excludes halogenated alkanes) is 2. The first-order valence-electron chi connectivity index (χ1n) is 9.51. The number of carbonyl (C=O) groups is 1. The third-order valence-electron chi connectivity index (χ3n) is 4.69. The Hall–Kier alpha value is -1.98. The summed E-state index contributed by atoms with van der Waals surface area (Å²) < 4.78 is 11.8. The van der Waals surface area contributed by atoms with Gasteiger partial charge in [-0.25, -0.2) is 5.06 Å². The number of hydroxylamine groups is 2. The van der Waals surface area contributed by atoms with Gasteiger partial charge in [0.05, 0.1) is 5.66 Å². The molecule has 0 aliphatic rings. The van der Waals surface area contributed by atoms with Crippen molar-refractivity contribution in [2.24, 2.45) is 0 Å². The van der Waals surface area contributed by atoms with Crippen molar-refractivity contribution in [1.82, 2.24) is 5.06 Å². The minimum Gasteiger partial charge on any atom is -0.324 e. The number of hydrogen-bond acceptors (Lipinski definition) is 3. The van der Waals surface area contributed by atoms with Gasteiger partial charge in [-0.1, -0.05) is 67.1 Å². The number of benzene rings is 2. The Morgan fingerprint density at radius 3 is 2.14 bits per heavy atom. The molecule has 0 unspecified atom stereocenters. The van der Waals surface area contributed by atoms with E-state index in [0.29, 0.717) is 17.0 Å². The molecule has 0 saturated carbocycles. The van der Waals surface area contributed by atoms with E-state index < -0.39 is 19.2 Å². The molecule has 1 atom stereocenters. The van der Waals surface area contributed by atoms with Crippen LogP contribution in [0.25, 0.3) is 0 Å². The molecule has 0 heterocycles. The minimum absolute atomic E-state index is 0.0157. The maximum atomic E-state index is 12.1. The smallest absolute Gasteiger partial charge is 0.324 e. The molecule has 28 heavy (non-hydrogen) atoms. The molecule has 3 N–H and O–H groups in total. The van der Waals surface area contributed by atoms with E-state index in [9.17, 15) is 24.4 Å². The second-order valence-electron chi connectivity index (χ2n) is 6.87. The molecule has 0 spiro atoms. The van der Waals surface area contributed by atoms with Crippen molar-refractivity contribution >= 4 is 13.5 Å². The summed E-state index contributed by atoms with van der Waals surface area (Å²) in [5, 5.41) is 10.6. The van der Waals surface area contributed by atoms with E-state index in [1.54, 1.807) is 30.3 Å². The van der Waals surface area contributed by atoms with Gasteiger partial charge in [-0.2, -0.15) is 0 Å². The average molecular weight is 405 g/mol. The molecule has 6 nitrogen and oxygen atoms in total. The van der Waals surface area contributed by atoms with Crippen molar-refractivity contribution in [1.29, 1.82) is 0 Å². The zero-order chi connectivity index (χ0) is 20.4. The van der Waals surface area contributed by atoms with Crippen molar-refractivity contribution in [2.75, 3.05) is 6.54 Å². The number of carbonyl (C=O) groups excluding carboxylic acids is 1. The van der Waals surface area contributed by atoms with Crippen molar-refractivity contribution < 1.29 is 24.4 Å². The highest BCUT2D eigenvalue weighted by atomic mass is 31.2. The fourth-order valence-electron chi connectivity index (χ4n) is 3.13. The summed E-state index contributed by atoms with van der Waals surface area (Å²) >= 11 is 0. The maximum Gasteiger partial charge on any atom is 0.332 e.